The summed E-state index contributed by atoms with van der Waals surface area (Å²) in [6, 6.07) is 57.2. The van der Waals surface area contributed by atoms with E-state index in [-0.39, 0.29) is 5.41 Å². The third-order valence-corrected chi connectivity index (χ3v) is 13.0. The number of nitrogens with zero attached hydrogens (tertiary/aromatic N) is 1. The maximum atomic E-state index is 2.63. The molecule has 0 radical (unpaired) electrons. The molecule has 7 aromatic carbocycles. The maximum Gasteiger partial charge on any atom is 0.0540 e. The molecule has 0 atom stereocenters. The summed E-state index contributed by atoms with van der Waals surface area (Å²) >= 11 is 0. The first kappa shape index (κ1) is 27.8. The first-order chi connectivity index (χ1) is 24.3. The first-order valence-corrected chi connectivity index (χ1v) is 18.4. The third kappa shape index (κ3) is 3.93. The van der Waals surface area contributed by atoms with Gasteiger partial charge in [-0.2, -0.15) is 0 Å². The molecule has 49 heavy (non-hydrogen) atoms. The Hall–Kier alpha value is -5.14. The van der Waals surface area contributed by atoms with Gasteiger partial charge in [0.1, 0.15) is 0 Å². The molecule has 236 valence electrons. The summed E-state index contributed by atoms with van der Waals surface area (Å²) in [7, 11) is 0. The highest BCUT2D eigenvalue weighted by Gasteiger charge is 2.61. The van der Waals surface area contributed by atoms with Crippen molar-refractivity contribution in [2.24, 2.45) is 23.7 Å². The van der Waals surface area contributed by atoms with E-state index in [1.165, 1.54) is 93.0 Å². The fourth-order valence-corrected chi connectivity index (χ4v) is 11.4. The van der Waals surface area contributed by atoms with Crippen molar-refractivity contribution in [1.82, 2.24) is 0 Å². The Balaban J connectivity index is 1.16. The highest BCUT2D eigenvalue weighted by atomic mass is 15.1. The SMILES string of the molecule is c1ccc(-c2ccc(N(c3ccc4c(c3)C3(c5ccccc5-4)C4CC5CC(C4)CC3C5)c3ccc4ccccc4c3)c3ccccc23)cc1. The van der Waals surface area contributed by atoms with Crippen molar-refractivity contribution in [3.8, 4) is 22.3 Å². The molecule has 0 aromatic heterocycles. The molecule has 12 rings (SSSR count). The van der Waals surface area contributed by atoms with Crippen molar-refractivity contribution in [3.63, 3.8) is 0 Å². The zero-order valence-electron chi connectivity index (χ0n) is 27.7. The Bertz CT molecular complexity index is 2390. The van der Waals surface area contributed by atoms with E-state index in [0.29, 0.717) is 0 Å². The number of anilines is 3. The summed E-state index contributed by atoms with van der Waals surface area (Å²) in [6.45, 7) is 0. The second-order valence-corrected chi connectivity index (χ2v) is 15.4. The van der Waals surface area contributed by atoms with E-state index in [0.717, 1.165) is 23.7 Å². The van der Waals surface area contributed by atoms with Gasteiger partial charge in [-0.1, -0.05) is 121 Å². The van der Waals surface area contributed by atoms with Crippen molar-refractivity contribution in [2.45, 2.75) is 37.5 Å². The molecule has 5 aliphatic carbocycles. The van der Waals surface area contributed by atoms with Crippen LogP contribution in [0.1, 0.15) is 43.2 Å². The molecule has 0 unspecified atom stereocenters. The Kier molecular flexibility index (Phi) is 5.91. The monoisotopic (exact) mass is 629 g/mol. The minimum atomic E-state index is 0.129. The van der Waals surface area contributed by atoms with E-state index in [1.54, 1.807) is 11.1 Å². The van der Waals surface area contributed by atoms with Crippen LogP contribution in [0.4, 0.5) is 17.1 Å². The highest BCUT2D eigenvalue weighted by Crippen LogP contribution is 2.69. The van der Waals surface area contributed by atoms with Gasteiger partial charge in [-0.3, -0.25) is 0 Å². The molecular weight excluding hydrogens is 591 g/mol. The van der Waals surface area contributed by atoms with Crippen LogP contribution in [0.25, 0.3) is 43.8 Å². The van der Waals surface area contributed by atoms with E-state index < -0.39 is 0 Å². The van der Waals surface area contributed by atoms with Gasteiger partial charge >= 0.3 is 0 Å². The van der Waals surface area contributed by atoms with E-state index in [9.17, 15) is 0 Å². The molecule has 0 saturated heterocycles. The van der Waals surface area contributed by atoms with Crippen LogP contribution in [0.5, 0.6) is 0 Å². The molecule has 1 heteroatoms. The summed E-state index contributed by atoms with van der Waals surface area (Å²) in [5.41, 5.74) is 12.5. The Labute approximate surface area is 288 Å². The second-order valence-electron chi connectivity index (χ2n) is 15.4. The largest absolute Gasteiger partial charge is 0.310 e. The molecule has 1 spiro atoms. The highest BCUT2D eigenvalue weighted by molar-refractivity contribution is 6.07. The van der Waals surface area contributed by atoms with Gasteiger partial charge in [-0.05, 0) is 136 Å². The van der Waals surface area contributed by atoms with Crippen LogP contribution < -0.4 is 4.90 Å². The average Bonchev–Trinajstić information content (AvgIpc) is 3.44. The number of benzene rings is 7. The summed E-state index contributed by atoms with van der Waals surface area (Å²) in [4.78, 5) is 2.55. The molecule has 7 aromatic rings. The van der Waals surface area contributed by atoms with Crippen LogP contribution in [0, 0.1) is 23.7 Å². The zero-order valence-corrected chi connectivity index (χ0v) is 27.7. The topological polar surface area (TPSA) is 3.24 Å². The molecule has 5 aliphatic rings. The van der Waals surface area contributed by atoms with Gasteiger partial charge in [0.2, 0.25) is 0 Å². The smallest absolute Gasteiger partial charge is 0.0540 e. The number of fused-ring (bicyclic) bond motifs is 5. The third-order valence-electron chi connectivity index (χ3n) is 13.0. The van der Waals surface area contributed by atoms with Gasteiger partial charge in [0.05, 0.1) is 5.69 Å². The summed E-state index contributed by atoms with van der Waals surface area (Å²) in [5, 5.41) is 5.09. The van der Waals surface area contributed by atoms with Crippen LogP contribution in [0.3, 0.4) is 0 Å². The molecule has 0 amide bonds. The lowest BCUT2D eigenvalue weighted by Gasteiger charge is -2.61. The van der Waals surface area contributed by atoms with Crippen molar-refractivity contribution in [3.05, 3.63) is 163 Å². The predicted molar refractivity (Wildman–Crippen MR) is 205 cm³/mol. The molecule has 4 bridgehead atoms. The van der Waals surface area contributed by atoms with Crippen molar-refractivity contribution in [1.29, 1.82) is 0 Å². The summed E-state index contributed by atoms with van der Waals surface area (Å²) in [5.74, 6) is 3.33. The molecule has 0 aliphatic heterocycles. The molecule has 1 nitrogen and oxygen atoms in total. The average molecular weight is 630 g/mol. The minimum Gasteiger partial charge on any atom is -0.310 e. The van der Waals surface area contributed by atoms with Crippen molar-refractivity contribution < 1.29 is 0 Å². The molecule has 0 N–H and O–H groups in total. The quantitative estimate of drug-likeness (QED) is 0.187. The predicted octanol–water partition coefficient (Wildman–Crippen LogP) is 12.9. The lowest BCUT2D eigenvalue weighted by molar-refractivity contribution is -0.0399. The fraction of sp³-hybridized carbons (Fsp3) is 0.208. The van der Waals surface area contributed by atoms with Crippen LogP contribution in [-0.2, 0) is 5.41 Å². The Morgan fingerprint density at radius 2 is 1.04 bits per heavy atom. The van der Waals surface area contributed by atoms with Crippen molar-refractivity contribution >= 4 is 38.6 Å². The minimum absolute atomic E-state index is 0.129. The zero-order chi connectivity index (χ0) is 32.1. The van der Waals surface area contributed by atoms with Gasteiger partial charge in [0.25, 0.3) is 0 Å². The number of hydrogen-bond acceptors (Lipinski definition) is 1. The van der Waals surface area contributed by atoms with Crippen molar-refractivity contribution in [2.75, 3.05) is 4.90 Å². The Morgan fingerprint density at radius 1 is 0.429 bits per heavy atom. The van der Waals surface area contributed by atoms with E-state index in [1.807, 2.05) is 0 Å². The van der Waals surface area contributed by atoms with Crippen LogP contribution in [-0.4, -0.2) is 0 Å². The van der Waals surface area contributed by atoms with Gasteiger partial charge in [-0.15, -0.1) is 0 Å². The second kappa shape index (κ2) is 10.4. The number of rotatable bonds is 4. The molecular formula is C48H39N. The molecule has 0 heterocycles. The lowest BCUT2D eigenvalue weighted by Crippen LogP contribution is -2.55. The summed E-state index contributed by atoms with van der Waals surface area (Å²) < 4.78 is 0. The standard InChI is InChI=1S/C48H39N/c1-2-11-34(12-3-1)40-22-23-47(44-16-7-6-14-41(40)44)49(38-19-18-33-10-4-5-13-35(33)29-38)39-20-21-43-42-15-8-9-17-45(42)48(46(43)30-39)36-25-31-24-32(27-36)28-37(48)26-31/h1-23,29-32,36-37H,24-28H2. The van der Waals surface area contributed by atoms with E-state index >= 15 is 0 Å². The fourth-order valence-electron chi connectivity index (χ4n) is 11.4. The first-order valence-electron chi connectivity index (χ1n) is 18.4. The van der Waals surface area contributed by atoms with Gasteiger partial charge in [0, 0.05) is 22.2 Å². The lowest BCUT2D eigenvalue weighted by atomic mass is 9.43. The molecule has 4 saturated carbocycles. The van der Waals surface area contributed by atoms with Gasteiger partial charge in [-0.25, -0.2) is 0 Å². The normalized spacial score (nSPS) is 24.4. The number of hydrogen-bond donors (Lipinski definition) is 0. The van der Waals surface area contributed by atoms with E-state index in [2.05, 4.69) is 157 Å². The van der Waals surface area contributed by atoms with Gasteiger partial charge in [0.15, 0.2) is 0 Å². The van der Waals surface area contributed by atoms with Crippen LogP contribution in [0.15, 0.2) is 152 Å². The van der Waals surface area contributed by atoms with Gasteiger partial charge < -0.3 is 4.90 Å². The molecule has 4 fully saturated rings. The van der Waals surface area contributed by atoms with E-state index in [4.69, 9.17) is 0 Å². The maximum absolute atomic E-state index is 2.63. The Morgan fingerprint density at radius 3 is 1.86 bits per heavy atom. The van der Waals surface area contributed by atoms with Crippen LogP contribution >= 0.6 is 0 Å². The summed E-state index contributed by atoms with van der Waals surface area (Å²) in [6.07, 6.45) is 7.05. The van der Waals surface area contributed by atoms with Crippen LogP contribution in [0.2, 0.25) is 0 Å².